The fourth-order valence-electron chi connectivity index (χ4n) is 16.8. The normalized spacial score (nSPS) is 14.5. The smallest absolute Gasteiger partial charge is 0.211 e. The van der Waals surface area contributed by atoms with E-state index in [1.807, 2.05) is 11.7 Å². The zero-order valence-electron chi connectivity index (χ0n) is 84.0. The fourth-order valence-corrected chi connectivity index (χ4v) is 17.7. The highest BCUT2D eigenvalue weighted by Crippen LogP contribution is 2.36. The molecule has 0 unspecified atom stereocenters. The first kappa shape index (κ1) is 104. The molecule has 14 heteroatoms. The van der Waals surface area contributed by atoms with Crippen LogP contribution in [0.1, 0.15) is 416 Å². The number of aryl methyl sites for hydroxylation is 2. The topological polar surface area (TPSA) is 142 Å². The average molecular weight is 1730 g/mol. The Hall–Kier alpha value is -7.81. The van der Waals surface area contributed by atoms with E-state index in [9.17, 15) is 8.42 Å². The standard InChI is InChI=1S/C19H31NO3S.2C19H30O.C15H22N2.C14H20N2.C13H18N2.C12H19N/c1-14(2)10-16-11-17(15(3)4)13-19(12-16)23-18-6-8-20(9-7-18)24(5,21)22;2*1-14(2)10-16-11-17(15(3)4)13-19(12-16)20-18-8-6-5-7-9-18;1-6-17-14-8-7-12(10(2)3)9-13(14)15(16-17)11(4)5;1-9(2)11-6-7-13-12(8-11)14(10(3)4)15-16(13)5;1-8(2)10-5-6-12-11(7-10)13(9(3)4)15-14-12;1-9(2)8-11-6-5-7-12(13-11)10(3)4/h11-15,18H,6-10H2,1-5H3;2*11-15,18H,5-10H2,1-4H3;7-11H,6H2,1-5H3;6-10H,1-5H3;5-9H,1-4H3,(H,14,15);5-7,9-10H,8H2,1-4H3. The predicted molar refractivity (Wildman–Crippen MR) is 536 cm³/mol. The highest BCUT2D eigenvalue weighted by molar-refractivity contribution is 7.88. The minimum absolute atomic E-state index is 0.0947. The zero-order valence-corrected chi connectivity index (χ0v) is 84.8. The van der Waals surface area contributed by atoms with Crippen molar-refractivity contribution in [2.75, 3.05) is 19.3 Å². The minimum atomic E-state index is -3.08. The second-order valence-corrected chi connectivity index (χ2v) is 43.1. The number of fused-ring (bicyclic) bond motifs is 3. The van der Waals surface area contributed by atoms with Gasteiger partial charge in [0, 0.05) is 59.9 Å². The number of nitrogens with one attached hydrogen (secondary N) is 1. The van der Waals surface area contributed by atoms with Crippen molar-refractivity contribution < 1.29 is 22.6 Å². The summed E-state index contributed by atoms with van der Waals surface area (Å²) in [5.41, 5.74) is 22.1. The molecule has 4 aromatic heterocycles. The van der Waals surface area contributed by atoms with Crippen LogP contribution >= 0.6 is 0 Å². The number of piperidine rings is 1. The summed E-state index contributed by atoms with van der Waals surface area (Å²) in [6.07, 6.45) is 21.1. The third-order valence-corrected chi connectivity index (χ3v) is 25.4. The van der Waals surface area contributed by atoms with Crippen molar-refractivity contribution in [3.63, 3.8) is 0 Å². The van der Waals surface area contributed by atoms with E-state index in [1.165, 1.54) is 176 Å². The number of sulfonamides is 1. The van der Waals surface area contributed by atoms with E-state index in [-0.39, 0.29) is 6.10 Å². The SMILES string of the molecule is CC(C)Cc1cc(OC2CCCCC2)cc(C(C)C)c1.CC(C)Cc1cc(OC2CCCCC2)cc(C(C)C)c1.CC(C)Cc1cc(OC2CCN(S(C)(=O)=O)CC2)cc(C(C)C)c1.CC(C)Cc1cccc(C(C)C)n1.CC(C)c1ccc2c(c1)c(C(C)C)nn2C.CC(C)c1ccc2n[nH]c(C(C)C)c2c1.CCn1nc(C(C)C)c2cc(C(C)C)ccc21. The van der Waals surface area contributed by atoms with Gasteiger partial charge >= 0.3 is 0 Å². The molecule has 0 spiro atoms. The lowest BCUT2D eigenvalue weighted by Gasteiger charge is -2.30. The molecule has 0 amide bonds. The first-order valence-electron chi connectivity index (χ1n) is 48.7. The van der Waals surface area contributed by atoms with Gasteiger partial charge in [-0.25, -0.2) is 12.7 Å². The quantitative estimate of drug-likeness (QED) is 0.0561. The Bertz CT molecular complexity index is 4890. The summed E-state index contributed by atoms with van der Waals surface area (Å²) < 4.78 is 47.6. The molecule has 2 aliphatic carbocycles. The molecule has 2 saturated carbocycles. The van der Waals surface area contributed by atoms with Crippen LogP contribution in [0.3, 0.4) is 0 Å². The Balaban J connectivity index is 0.000000202. The second-order valence-electron chi connectivity index (χ2n) is 41.1. The number of pyridine rings is 1. The van der Waals surface area contributed by atoms with E-state index < -0.39 is 10.0 Å². The Morgan fingerprint density at radius 1 is 0.384 bits per heavy atom. The van der Waals surface area contributed by atoms with E-state index in [0.29, 0.717) is 108 Å². The summed E-state index contributed by atoms with van der Waals surface area (Å²) in [4.78, 5) is 4.61. The molecule has 0 radical (unpaired) electrons. The number of aromatic nitrogens is 7. The van der Waals surface area contributed by atoms with Crippen LogP contribution < -0.4 is 14.2 Å². The van der Waals surface area contributed by atoms with Crippen molar-refractivity contribution in [2.45, 2.75) is 388 Å². The molecular formula is C111H170N8O5S. The van der Waals surface area contributed by atoms with Crippen molar-refractivity contribution in [3.05, 3.63) is 206 Å². The first-order chi connectivity index (χ1) is 59.0. The van der Waals surface area contributed by atoms with E-state index in [4.69, 9.17) is 19.3 Å². The molecule has 5 heterocycles. The summed E-state index contributed by atoms with van der Waals surface area (Å²) in [5, 5.41) is 20.7. The van der Waals surface area contributed by atoms with Crippen LogP contribution in [0.25, 0.3) is 32.7 Å². The molecule has 690 valence electrons. The fraction of sp³-hybridized carbons (Fsp3) is 0.604. The van der Waals surface area contributed by atoms with E-state index in [2.05, 4.69) is 353 Å². The molecule has 125 heavy (non-hydrogen) atoms. The third-order valence-electron chi connectivity index (χ3n) is 24.1. The van der Waals surface area contributed by atoms with Gasteiger partial charge in [0.05, 0.1) is 46.4 Å². The van der Waals surface area contributed by atoms with Crippen molar-refractivity contribution in [3.8, 4) is 17.2 Å². The highest BCUT2D eigenvalue weighted by atomic mass is 32.2. The number of hydrogen-bond acceptors (Lipinski definition) is 9. The average Bonchev–Trinajstić information content (AvgIpc) is 1.73. The second kappa shape index (κ2) is 50.2. The van der Waals surface area contributed by atoms with Gasteiger partial charge in [-0.3, -0.25) is 19.4 Å². The van der Waals surface area contributed by atoms with Crippen LogP contribution in [0.15, 0.2) is 127 Å². The molecule has 13 rings (SSSR count). The maximum absolute atomic E-state index is 11.6. The molecular weight excluding hydrogens is 1560 g/mol. The lowest BCUT2D eigenvalue weighted by atomic mass is 9.95. The van der Waals surface area contributed by atoms with E-state index >= 15 is 0 Å². The van der Waals surface area contributed by atoms with Crippen molar-refractivity contribution >= 4 is 42.7 Å². The molecule has 3 aliphatic rings. The van der Waals surface area contributed by atoms with Crippen LogP contribution in [0.2, 0.25) is 0 Å². The maximum Gasteiger partial charge on any atom is 0.211 e. The lowest BCUT2D eigenvalue weighted by molar-refractivity contribution is 0.135. The number of benzene rings is 6. The zero-order chi connectivity index (χ0) is 92.3. The molecule has 13 nitrogen and oxygen atoms in total. The summed E-state index contributed by atoms with van der Waals surface area (Å²) >= 11 is 0. The number of nitrogens with zero attached hydrogens (tertiary/aromatic N) is 7. The van der Waals surface area contributed by atoms with Crippen molar-refractivity contribution in [1.29, 1.82) is 0 Å². The van der Waals surface area contributed by atoms with E-state index in [0.717, 1.165) is 67.8 Å². The number of hydrogen-bond donors (Lipinski definition) is 1. The largest absolute Gasteiger partial charge is 0.490 e. The molecule has 6 aromatic carbocycles. The number of ether oxygens (including phenoxy) is 3. The summed E-state index contributed by atoms with van der Waals surface area (Å²) in [6.45, 7) is 66.6. The van der Waals surface area contributed by atoms with E-state index in [1.54, 1.807) is 4.31 Å². The molecule has 3 fully saturated rings. The molecule has 1 saturated heterocycles. The lowest BCUT2D eigenvalue weighted by Crippen LogP contribution is -2.41. The Morgan fingerprint density at radius 3 is 1.13 bits per heavy atom. The Labute approximate surface area is 760 Å². The van der Waals surface area contributed by atoms with Gasteiger partial charge < -0.3 is 14.2 Å². The van der Waals surface area contributed by atoms with Crippen LogP contribution in [-0.4, -0.2) is 85.1 Å². The van der Waals surface area contributed by atoms with Crippen LogP contribution in [0.5, 0.6) is 17.2 Å². The molecule has 0 bridgehead atoms. The highest BCUT2D eigenvalue weighted by Gasteiger charge is 2.27. The van der Waals surface area contributed by atoms with Gasteiger partial charge in [-0.1, -0.05) is 249 Å². The van der Waals surface area contributed by atoms with Gasteiger partial charge in [-0.2, -0.15) is 15.3 Å². The van der Waals surface area contributed by atoms with Crippen LogP contribution in [0.4, 0.5) is 0 Å². The summed E-state index contributed by atoms with van der Waals surface area (Å²) in [7, 11) is -1.07. The summed E-state index contributed by atoms with van der Waals surface area (Å²) in [6, 6.07) is 46.6. The number of rotatable bonds is 26. The van der Waals surface area contributed by atoms with Gasteiger partial charge in [0.2, 0.25) is 10.0 Å². The monoisotopic (exact) mass is 1730 g/mol. The maximum atomic E-state index is 11.6. The van der Waals surface area contributed by atoms with Crippen molar-refractivity contribution in [2.24, 2.45) is 30.7 Å². The molecule has 10 aromatic rings. The third kappa shape index (κ3) is 33.6. The summed E-state index contributed by atoms with van der Waals surface area (Å²) in [5.74, 6) is 11.1. The number of aromatic amines is 1. The van der Waals surface area contributed by atoms with Crippen LogP contribution in [0, 0.1) is 23.7 Å². The Kier molecular flexibility index (Phi) is 41.9. The molecule has 1 aliphatic heterocycles. The molecule has 0 atom stereocenters. The van der Waals surface area contributed by atoms with Gasteiger partial charge in [0.1, 0.15) is 23.4 Å². The first-order valence-corrected chi connectivity index (χ1v) is 50.6. The minimum Gasteiger partial charge on any atom is -0.490 e. The van der Waals surface area contributed by atoms with Gasteiger partial charge in [0.15, 0.2) is 0 Å². The van der Waals surface area contributed by atoms with Gasteiger partial charge in [-0.15, -0.1) is 0 Å². The predicted octanol–water partition coefficient (Wildman–Crippen LogP) is 30.6. The van der Waals surface area contributed by atoms with Crippen molar-refractivity contribution in [1.82, 2.24) is 39.0 Å². The number of H-pyrrole nitrogens is 1. The van der Waals surface area contributed by atoms with Gasteiger partial charge in [-0.05, 0) is 315 Å². The molecule has 1 N–H and O–H groups in total. The van der Waals surface area contributed by atoms with Gasteiger partial charge in [0.25, 0.3) is 0 Å². The Morgan fingerprint density at radius 2 is 0.760 bits per heavy atom. The van der Waals surface area contributed by atoms with Crippen LogP contribution in [-0.2, 0) is 49.3 Å².